The summed E-state index contributed by atoms with van der Waals surface area (Å²) in [4.78, 5) is 35.8. The van der Waals surface area contributed by atoms with Gasteiger partial charge in [-0.3, -0.25) is 24.8 Å². The topological polar surface area (TPSA) is 129 Å². The van der Waals surface area contributed by atoms with Gasteiger partial charge in [0.2, 0.25) is 5.69 Å². The van der Waals surface area contributed by atoms with Gasteiger partial charge in [-0.25, -0.2) is 0 Å². The van der Waals surface area contributed by atoms with Gasteiger partial charge in [-0.15, -0.1) is 0 Å². The standard InChI is InChI=1S/C14H20N4O5/c1-3-4-10-12(18(22)23)11(16-15-10)13(19)17-6-8(2)5-9(7-17)14(20)21/h8-9H,3-7H2,1-2H3,(H,15,16)(H,20,21). The lowest BCUT2D eigenvalue weighted by atomic mass is 9.90. The first-order valence-corrected chi connectivity index (χ1v) is 7.58. The Balaban J connectivity index is 2.29. The normalized spacial score (nSPS) is 21.2. The van der Waals surface area contributed by atoms with Crippen LogP contribution in [0, 0.1) is 22.0 Å². The number of likely N-dealkylation sites (tertiary alicyclic amines) is 1. The van der Waals surface area contributed by atoms with Crippen LogP contribution < -0.4 is 0 Å². The zero-order chi connectivity index (χ0) is 17.1. The van der Waals surface area contributed by atoms with Crippen molar-refractivity contribution in [2.45, 2.75) is 33.1 Å². The van der Waals surface area contributed by atoms with Gasteiger partial charge in [-0.1, -0.05) is 20.3 Å². The zero-order valence-corrected chi connectivity index (χ0v) is 13.1. The van der Waals surface area contributed by atoms with Gasteiger partial charge < -0.3 is 10.0 Å². The monoisotopic (exact) mass is 324 g/mol. The summed E-state index contributed by atoms with van der Waals surface area (Å²) in [5.41, 5.74) is -0.223. The van der Waals surface area contributed by atoms with Gasteiger partial charge in [0.1, 0.15) is 5.69 Å². The van der Waals surface area contributed by atoms with E-state index in [9.17, 15) is 24.8 Å². The lowest BCUT2D eigenvalue weighted by Gasteiger charge is -2.34. The van der Waals surface area contributed by atoms with Crippen LogP contribution in [0.1, 0.15) is 42.9 Å². The Labute approximate surface area is 132 Å². The van der Waals surface area contributed by atoms with Crippen molar-refractivity contribution in [3.05, 3.63) is 21.5 Å². The van der Waals surface area contributed by atoms with Crippen LogP contribution in [0.3, 0.4) is 0 Å². The van der Waals surface area contributed by atoms with E-state index in [1.165, 1.54) is 4.90 Å². The van der Waals surface area contributed by atoms with E-state index in [0.717, 1.165) is 0 Å². The number of aromatic amines is 1. The van der Waals surface area contributed by atoms with E-state index in [1.54, 1.807) is 0 Å². The highest BCUT2D eigenvalue weighted by Crippen LogP contribution is 2.27. The van der Waals surface area contributed by atoms with Crippen LogP contribution in [-0.2, 0) is 11.2 Å². The summed E-state index contributed by atoms with van der Waals surface area (Å²) < 4.78 is 0. The lowest BCUT2D eigenvalue weighted by Crippen LogP contribution is -2.45. The van der Waals surface area contributed by atoms with Gasteiger partial charge in [0, 0.05) is 13.1 Å². The summed E-state index contributed by atoms with van der Waals surface area (Å²) in [5, 5.41) is 26.8. The minimum Gasteiger partial charge on any atom is -0.481 e. The second kappa shape index (κ2) is 6.76. The highest BCUT2D eigenvalue weighted by Gasteiger charge is 2.37. The predicted molar refractivity (Wildman–Crippen MR) is 80.0 cm³/mol. The molecule has 0 radical (unpaired) electrons. The average molecular weight is 324 g/mol. The van der Waals surface area contributed by atoms with Crippen LogP contribution in [0.2, 0.25) is 0 Å². The Morgan fingerprint density at radius 3 is 2.74 bits per heavy atom. The van der Waals surface area contributed by atoms with Crippen molar-refractivity contribution in [1.29, 1.82) is 0 Å². The molecule has 0 aromatic carbocycles. The van der Waals surface area contributed by atoms with E-state index < -0.39 is 22.7 Å². The van der Waals surface area contributed by atoms with Crippen molar-refractivity contribution >= 4 is 17.6 Å². The number of aromatic nitrogens is 2. The molecular formula is C14H20N4O5. The Kier molecular flexibility index (Phi) is 4.97. The molecule has 2 unspecified atom stereocenters. The third kappa shape index (κ3) is 3.49. The number of piperidine rings is 1. The number of hydrogen-bond donors (Lipinski definition) is 2. The fourth-order valence-electron chi connectivity index (χ4n) is 2.99. The molecule has 1 aromatic heterocycles. The summed E-state index contributed by atoms with van der Waals surface area (Å²) in [6.45, 7) is 4.15. The molecule has 126 valence electrons. The molecule has 1 fully saturated rings. The molecule has 1 saturated heterocycles. The number of carbonyl (C=O) groups excluding carboxylic acids is 1. The van der Waals surface area contributed by atoms with E-state index in [4.69, 9.17) is 0 Å². The SMILES string of the molecule is CCCc1[nH]nc(C(=O)N2CC(C)CC(C(=O)O)C2)c1[N+](=O)[O-]. The number of nitrogens with one attached hydrogen (secondary N) is 1. The van der Waals surface area contributed by atoms with Gasteiger partial charge >= 0.3 is 11.7 Å². The van der Waals surface area contributed by atoms with E-state index in [2.05, 4.69) is 10.2 Å². The Morgan fingerprint density at radius 2 is 2.17 bits per heavy atom. The summed E-state index contributed by atoms with van der Waals surface area (Å²) in [6.07, 6.45) is 1.59. The van der Waals surface area contributed by atoms with Gasteiger partial charge in [0.25, 0.3) is 5.91 Å². The fraction of sp³-hybridized carbons (Fsp3) is 0.643. The number of hydrogen-bond acceptors (Lipinski definition) is 5. The number of H-pyrrole nitrogens is 1. The Hall–Kier alpha value is -2.45. The van der Waals surface area contributed by atoms with Crippen molar-refractivity contribution < 1.29 is 19.6 Å². The zero-order valence-electron chi connectivity index (χ0n) is 13.1. The van der Waals surface area contributed by atoms with Crippen molar-refractivity contribution in [3.63, 3.8) is 0 Å². The van der Waals surface area contributed by atoms with Crippen LogP contribution in [0.15, 0.2) is 0 Å². The number of carboxylic acids is 1. The molecule has 2 rings (SSSR count). The van der Waals surface area contributed by atoms with Gasteiger partial charge in [-0.05, 0) is 18.8 Å². The van der Waals surface area contributed by atoms with E-state index in [1.807, 2.05) is 13.8 Å². The molecule has 1 amide bonds. The molecular weight excluding hydrogens is 304 g/mol. The van der Waals surface area contributed by atoms with Crippen molar-refractivity contribution in [2.24, 2.45) is 11.8 Å². The number of carbonyl (C=O) groups is 2. The lowest BCUT2D eigenvalue weighted by molar-refractivity contribution is -0.385. The second-order valence-electron chi connectivity index (χ2n) is 5.99. The Morgan fingerprint density at radius 1 is 1.48 bits per heavy atom. The van der Waals surface area contributed by atoms with Crippen LogP contribution in [0.4, 0.5) is 5.69 Å². The Bertz CT molecular complexity index is 627. The highest BCUT2D eigenvalue weighted by molar-refractivity contribution is 5.97. The fourth-order valence-corrected chi connectivity index (χ4v) is 2.99. The molecule has 2 N–H and O–H groups in total. The minimum atomic E-state index is -0.961. The van der Waals surface area contributed by atoms with E-state index in [0.29, 0.717) is 31.5 Å². The van der Waals surface area contributed by atoms with Crippen molar-refractivity contribution in [3.8, 4) is 0 Å². The largest absolute Gasteiger partial charge is 0.481 e. The first-order valence-electron chi connectivity index (χ1n) is 7.58. The molecule has 1 aliphatic heterocycles. The minimum absolute atomic E-state index is 0.0157. The first kappa shape index (κ1) is 16.9. The summed E-state index contributed by atoms with van der Waals surface area (Å²) >= 11 is 0. The number of rotatable bonds is 5. The quantitative estimate of drug-likeness (QED) is 0.623. The molecule has 1 aliphatic rings. The van der Waals surface area contributed by atoms with Gasteiger partial charge in [-0.2, -0.15) is 5.10 Å². The highest BCUT2D eigenvalue weighted by atomic mass is 16.6. The van der Waals surface area contributed by atoms with Crippen LogP contribution in [0.25, 0.3) is 0 Å². The number of amides is 1. The molecule has 0 saturated carbocycles. The third-order valence-corrected chi connectivity index (χ3v) is 3.99. The first-order chi connectivity index (χ1) is 10.8. The molecule has 9 nitrogen and oxygen atoms in total. The number of carboxylic acid groups (broad SMARTS) is 1. The number of nitrogens with zero attached hydrogens (tertiary/aromatic N) is 3. The predicted octanol–water partition coefficient (Wildman–Crippen LogP) is 1.45. The maximum absolute atomic E-state index is 12.6. The van der Waals surface area contributed by atoms with E-state index in [-0.39, 0.29) is 23.8 Å². The van der Waals surface area contributed by atoms with E-state index >= 15 is 0 Å². The summed E-state index contributed by atoms with van der Waals surface area (Å²) in [5.74, 6) is -2.19. The molecule has 1 aromatic rings. The number of nitro groups is 1. The van der Waals surface area contributed by atoms with Crippen molar-refractivity contribution in [1.82, 2.24) is 15.1 Å². The molecule has 2 heterocycles. The maximum Gasteiger partial charge on any atom is 0.322 e. The van der Waals surface area contributed by atoms with Crippen molar-refractivity contribution in [2.75, 3.05) is 13.1 Å². The van der Waals surface area contributed by atoms with Gasteiger partial charge in [0.05, 0.1) is 10.8 Å². The molecule has 0 aliphatic carbocycles. The van der Waals surface area contributed by atoms with Crippen LogP contribution in [-0.4, -0.2) is 50.1 Å². The summed E-state index contributed by atoms with van der Waals surface area (Å²) in [7, 11) is 0. The molecule has 2 atom stereocenters. The molecule has 0 bridgehead atoms. The van der Waals surface area contributed by atoms with Gasteiger partial charge in [0.15, 0.2) is 0 Å². The summed E-state index contributed by atoms with van der Waals surface area (Å²) in [6, 6.07) is 0. The van der Waals surface area contributed by atoms with Crippen LogP contribution >= 0.6 is 0 Å². The smallest absolute Gasteiger partial charge is 0.322 e. The second-order valence-corrected chi connectivity index (χ2v) is 5.99. The number of aliphatic carboxylic acids is 1. The molecule has 9 heteroatoms. The third-order valence-electron chi connectivity index (χ3n) is 3.99. The number of aryl methyl sites for hydroxylation is 1. The van der Waals surface area contributed by atoms with Crippen LogP contribution in [0.5, 0.6) is 0 Å². The molecule has 0 spiro atoms. The average Bonchev–Trinajstić information content (AvgIpc) is 2.90. The maximum atomic E-state index is 12.6. The molecule has 23 heavy (non-hydrogen) atoms.